The number of aromatic nitrogens is 3. The zero-order chi connectivity index (χ0) is 25.4. The number of ketones is 1. The second-order valence-corrected chi connectivity index (χ2v) is 10.9. The Hall–Kier alpha value is -3.59. The number of pyridine rings is 1. The Morgan fingerprint density at radius 2 is 2.03 bits per heavy atom. The molecule has 1 aliphatic heterocycles. The number of Topliss-reactive ketones (excluding diaryl/α,β-unsaturated/α-hetero) is 1. The van der Waals surface area contributed by atoms with Crippen molar-refractivity contribution >= 4 is 33.2 Å². The molecule has 7 nitrogen and oxygen atoms in total. The van der Waals surface area contributed by atoms with Crippen molar-refractivity contribution in [3.63, 3.8) is 0 Å². The maximum atomic E-state index is 14.9. The first-order valence-electron chi connectivity index (χ1n) is 12.7. The fourth-order valence-corrected chi connectivity index (χ4v) is 5.73. The summed E-state index contributed by atoms with van der Waals surface area (Å²) in [4.78, 5) is 35.8. The van der Waals surface area contributed by atoms with Gasteiger partial charge >= 0.3 is 0 Å². The third-order valence-corrected chi connectivity index (χ3v) is 8.05. The highest BCUT2D eigenvalue weighted by atomic mass is 32.1. The predicted octanol–water partition coefficient (Wildman–Crippen LogP) is 5.63. The van der Waals surface area contributed by atoms with Crippen LogP contribution in [-0.2, 0) is 22.6 Å². The van der Waals surface area contributed by atoms with Gasteiger partial charge in [0.1, 0.15) is 11.5 Å². The Balaban J connectivity index is 1.16. The maximum Gasteiger partial charge on any atom is 0.222 e. The normalized spacial score (nSPS) is 15.6. The first-order chi connectivity index (χ1) is 18.0. The van der Waals surface area contributed by atoms with Gasteiger partial charge in [-0.25, -0.2) is 9.37 Å². The molecule has 0 bridgehead atoms. The topological polar surface area (TPSA) is 77.3 Å². The summed E-state index contributed by atoms with van der Waals surface area (Å²) < 4.78 is 23.6. The summed E-state index contributed by atoms with van der Waals surface area (Å²) in [5.74, 6) is 1.04. The number of imidazole rings is 1. The third kappa shape index (κ3) is 5.41. The largest absolute Gasteiger partial charge is 0.453 e. The summed E-state index contributed by atoms with van der Waals surface area (Å²) in [6, 6.07) is 8.41. The number of hydrogen-bond acceptors (Lipinski definition) is 6. The van der Waals surface area contributed by atoms with E-state index in [9.17, 15) is 14.0 Å². The molecule has 0 atom stereocenters. The van der Waals surface area contributed by atoms with Crippen LogP contribution in [0.15, 0.2) is 49.1 Å². The van der Waals surface area contributed by atoms with Gasteiger partial charge < -0.3 is 14.2 Å². The standard InChI is InChI=1S/C28H27FN4O3S/c29-21-14-19(13-20(34)12-18-3-4-18)5-6-24(21)36-25-7-8-30-22-15-26(37-28(22)25)23-16-32(17-31-23)10-11-33-9-1-2-27(33)35/h5-8,14-18H,1-4,9-13H2. The van der Waals surface area contributed by atoms with Gasteiger partial charge in [-0.05, 0) is 48.9 Å². The van der Waals surface area contributed by atoms with Crippen molar-refractivity contribution in [3.05, 3.63) is 60.4 Å². The van der Waals surface area contributed by atoms with Crippen LogP contribution in [0, 0.1) is 11.7 Å². The van der Waals surface area contributed by atoms with Gasteiger partial charge in [0.05, 0.1) is 27.1 Å². The van der Waals surface area contributed by atoms with Crippen LogP contribution in [0.5, 0.6) is 11.5 Å². The quantitative estimate of drug-likeness (QED) is 0.272. The smallest absolute Gasteiger partial charge is 0.222 e. The van der Waals surface area contributed by atoms with Gasteiger partial charge in [-0.3, -0.25) is 14.6 Å². The zero-order valence-electron chi connectivity index (χ0n) is 20.4. The Morgan fingerprint density at radius 3 is 2.81 bits per heavy atom. The van der Waals surface area contributed by atoms with Crippen molar-refractivity contribution in [2.24, 2.45) is 5.92 Å². The summed E-state index contributed by atoms with van der Waals surface area (Å²) in [7, 11) is 0. The number of halogens is 1. The van der Waals surface area contributed by atoms with E-state index in [4.69, 9.17) is 4.74 Å². The minimum absolute atomic E-state index is 0.113. The highest BCUT2D eigenvalue weighted by Gasteiger charge is 2.24. The third-order valence-electron chi connectivity index (χ3n) is 6.89. The minimum Gasteiger partial charge on any atom is -0.453 e. The molecule has 6 rings (SSSR count). The molecule has 1 aromatic carbocycles. The van der Waals surface area contributed by atoms with Gasteiger partial charge in [0.15, 0.2) is 11.6 Å². The Morgan fingerprint density at radius 1 is 1.14 bits per heavy atom. The molecule has 1 saturated carbocycles. The molecule has 0 radical (unpaired) electrons. The molecular weight excluding hydrogens is 491 g/mol. The number of hydrogen-bond donors (Lipinski definition) is 0. The molecular formula is C28H27FN4O3S. The van der Waals surface area contributed by atoms with E-state index in [2.05, 4.69) is 9.97 Å². The number of amides is 1. The van der Waals surface area contributed by atoms with Crippen molar-refractivity contribution in [2.45, 2.75) is 45.1 Å². The number of thiophene rings is 1. The van der Waals surface area contributed by atoms with Crippen LogP contribution >= 0.6 is 11.3 Å². The summed E-state index contributed by atoms with van der Waals surface area (Å²) in [5.41, 5.74) is 2.23. The van der Waals surface area contributed by atoms with Crippen LogP contribution in [-0.4, -0.2) is 44.2 Å². The lowest BCUT2D eigenvalue weighted by atomic mass is 10.0. The lowest BCUT2D eigenvalue weighted by Gasteiger charge is -2.15. The number of benzene rings is 1. The first-order valence-corrected chi connectivity index (χ1v) is 13.5. The molecule has 3 aromatic heterocycles. The lowest BCUT2D eigenvalue weighted by Crippen LogP contribution is -2.28. The van der Waals surface area contributed by atoms with E-state index < -0.39 is 5.82 Å². The second-order valence-electron chi connectivity index (χ2n) is 9.84. The van der Waals surface area contributed by atoms with E-state index in [-0.39, 0.29) is 23.9 Å². The van der Waals surface area contributed by atoms with Crippen LogP contribution in [0.1, 0.15) is 37.7 Å². The molecule has 37 heavy (non-hydrogen) atoms. The number of carbonyl (C=O) groups excluding carboxylic acids is 2. The van der Waals surface area contributed by atoms with E-state index in [0.717, 1.165) is 46.6 Å². The highest BCUT2D eigenvalue weighted by Crippen LogP contribution is 2.39. The Bertz CT molecular complexity index is 1480. The average Bonchev–Trinajstić information content (AvgIpc) is 3.23. The molecule has 1 aliphatic carbocycles. The molecule has 0 spiro atoms. The molecule has 1 saturated heterocycles. The predicted molar refractivity (Wildman–Crippen MR) is 139 cm³/mol. The van der Waals surface area contributed by atoms with Crippen molar-refractivity contribution < 1.29 is 18.7 Å². The molecule has 4 heterocycles. The molecule has 2 aliphatic rings. The molecule has 0 N–H and O–H groups in total. The molecule has 1 amide bonds. The Labute approximate surface area is 217 Å². The van der Waals surface area contributed by atoms with E-state index in [1.807, 2.05) is 21.7 Å². The molecule has 9 heteroatoms. The SMILES string of the molecule is O=C(Cc1ccc(Oc2ccnc3cc(-c4cn(CCN5CCCC5=O)cn4)sc23)c(F)c1)CC1CC1. The molecule has 4 aromatic rings. The average molecular weight is 519 g/mol. The van der Waals surface area contributed by atoms with Crippen LogP contribution in [0.3, 0.4) is 0 Å². The number of rotatable bonds is 10. The van der Waals surface area contributed by atoms with Crippen molar-refractivity contribution in [2.75, 3.05) is 13.1 Å². The van der Waals surface area contributed by atoms with Crippen LogP contribution < -0.4 is 4.74 Å². The van der Waals surface area contributed by atoms with E-state index in [1.54, 1.807) is 30.7 Å². The number of ether oxygens (including phenoxy) is 1. The highest BCUT2D eigenvalue weighted by molar-refractivity contribution is 7.22. The fraction of sp³-hybridized carbons (Fsp3) is 0.357. The van der Waals surface area contributed by atoms with E-state index in [0.29, 0.717) is 43.2 Å². The second kappa shape index (κ2) is 10.0. The summed E-state index contributed by atoms with van der Waals surface area (Å²) in [6.45, 7) is 2.20. The number of carbonyl (C=O) groups is 2. The van der Waals surface area contributed by atoms with Gasteiger partial charge in [0, 0.05) is 57.4 Å². The lowest BCUT2D eigenvalue weighted by molar-refractivity contribution is -0.127. The van der Waals surface area contributed by atoms with E-state index in [1.165, 1.54) is 17.4 Å². The molecule has 2 fully saturated rings. The van der Waals surface area contributed by atoms with Gasteiger partial charge in [0.2, 0.25) is 5.91 Å². The van der Waals surface area contributed by atoms with Crippen molar-refractivity contribution in [3.8, 4) is 22.1 Å². The monoisotopic (exact) mass is 518 g/mol. The molecule has 190 valence electrons. The van der Waals surface area contributed by atoms with Gasteiger partial charge in [-0.2, -0.15) is 0 Å². The first kappa shape index (κ1) is 23.8. The summed E-state index contributed by atoms with van der Waals surface area (Å²) >= 11 is 1.49. The zero-order valence-corrected chi connectivity index (χ0v) is 21.2. The van der Waals surface area contributed by atoms with E-state index >= 15 is 0 Å². The fourth-order valence-electron chi connectivity index (χ4n) is 4.71. The van der Waals surface area contributed by atoms with Gasteiger partial charge in [0.25, 0.3) is 0 Å². The summed E-state index contributed by atoms with van der Waals surface area (Å²) in [5, 5.41) is 0. The Kier molecular flexibility index (Phi) is 6.46. The number of nitrogens with zero attached hydrogens (tertiary/aromatic N) is 4. The molecule has 0 unspecified atom stereocenters. The number of likely N-dealkylation sites (tertiary alicyclic amines) is 1. The van der Waals surface area contributed by atoms with Gasteiger partial charge in [-0.15, -0.1) is 11.3 Å². The van der Waals surface area contributed by atoms with Crippen LogP contribution in [0.25, 0.3) is 20.8 Å². The minimum atomic E-state index is -0.492. The van der Waals surface area contributed by atoms with Crippen molar-refractivity contribution in [1.82, 2.24) is 19.4 Å². The summed E-state index contributed by atoms with van der Waals surface area (Å²) in [6.07, 6.45) is 10.0. The maximum absolute atomic E-state index is 14.9. The van der Waals surface area contributed by atoms with Crippen LogP contribution in [0.4, 0.5) is 4.39 Å². The van der Waals surface area contributed by atoms with Gasteiger partial charge in [-0.1, -0.05) is 6.07 Å². The van der Waals surface area contributed by atoms with Crippen molar-refractivity contribution in [1.29, 1.82) is 0 Å². The van der Waals surface area contributed by atoms with Crippen LogP contribution in [0.2, 0.25) is 0 Å². The number of fused-ring (bicyclic) bond motifs is 1.